The fraction of sp³-hybridized carbons (Fsp3) is 0.917. The third-order valence-corrected chi connectivity index (χ3v) is 3.40. The first-order valence-corrected chi connectivity index (χ1v) is 7.69. The van der Waals surface area contributed by atoms with Gasteiger partial charge in [-0.3, -0.25) is 0 Å². The van der Waals surface area contributed by atoms with Crippen LogP contribution >= 0.6 is 32.1 Å². The lowest BCUT2D eigenvalue weighted by atomic mass is 10.1. The van der Waals surface area contributed by atoms with Crippen LogP contribution in [0.1, 0.15) is 53.4 Å². The van der Waals surface area contributed by atoms with Crippen molar-refractivity contribution in [3.8, 4) is 0 Å². The average Bonchev–Trinajstić information content (AvgIpc) is 2.15. The molecular formula is C12H23Br2NO2. The molecule has 0 aliphatic rings. The molecule has 3 nitrogen and oxygen atoms in total. The molecule has 0 heterocycles. The van der Waals surface area contributed by atoms with Crippen molar-refractivity contribution in [2.24, 2.45) is 0 Å². The van der Waals surface area contributed by atoms with E-state index < -0.39 is 5.60 Å². The highest BCUT2D eigenvalue weighted by atomic mass is 79.9. The standard InChI is InChI=1S/C12H23Br2NO2/c1-5-6-7-8-10(13)9-15(14)11(16)17-12(2,3)4/h10H,5-9H2,1-4H3. The zero-order valence-corrected chi connectivity index (χ0v) is 14.3. The van der Waals surface area contributed by atoms with Gasteiger partial charge in [-0.2, -0.15) is 0 Å². The molecule has 0 spiro atoms. The van der Waals surface area contributed by atoms with Crippen molar-refractivity contribution in [2.45, 2.75) is 63.8 Å². The molecule has 0 fully saturated rings. The molecule has 1 amide bonds. The minimum absolute atomic E-state index is 0.306. The number of ether oxygens (including phenoxy) is 1. The number of carbonyl (C=O) groups excluding carboxylic acids is 1. The topological polar surface area (TPSA) is 29.5 Å². The highest BCUT2D eigenvalue weighted by molar-refractivity contribution is 9.09. The number of unbranched alkanes of at least 4 members (excludes halogenated alkanes) is 2. The molecule has 0 aromatic heterocycles. The van der Waals surface area contributed by atoms with Gasteiger partial charge in [0.15, 0.2) is 0 Å². The second kappa shape index (κ2) is 8.35. The number of hydrogen-bond donors (Lipinski definition) is 0. The zero-order chi connectivity index (χ0) is 13.5. The van der Waals surface area contributed by atoms with Crippen molar-refractivity contribution in [3.05, 3.63) is 0 Å². The number of hydrogen-bond acceptors (Lipinski definition) is 2. The van der Waals surface area contributed by atoms with Crippen LogP contribution in [-0.2, 0) is 4.74 Å². The van der Waals surface area contributed by atoms with Gasteiger partial charge in [0.25, 0.3) is 0 Å². The molecule has 102 valence electrons. The van der Waals surface area contributed by atoms with Gasteiger partial charge in [-0.25, -0.2) is 8.72 Å². The first-order chi connectivity index (χ1) is 7.76. The van der Waals surface area contributed by atoms with Gasteiger partial charge in [-0.05, 0) is 27.2 Å². The number of alkyl halides is 1. The molecule has 1 atom stereocenters. The van der Waals surface area contributed by atoms with Gasteiger partial charge in [0, 0.05) is 11.4 Å². The van der Waals surface area contributed by atoms with Crippen molar-refractivity contribution < 1.29 is 9.53 Å². The first-order valence-electron chi connectivity index (χ1n) is 6.06. The van der Waals surface area contributed by atoms with Crippen LogP contribution in [0.15, 0.2) is 0 Å². The van der Waals surface area contributed by atoms with Gasteiger partial charge < -0.3 is 4.74 Å². The van der Waals surface area contributed by atoms with Gasteiger partial charge in [-0.15, -0.1) is 0 Å². The molecule has 0 aromatic rings. The van der Waals surface area contributed by atoms with Crippen LogP contribution < -0.4 is 0 Å². The first kappa shape index (κ1) is 17.2. The molecule has 17 heavy (non-hydrogen) atoms. The highest BCUT2D eigenvalue weighted by Crippen LogP contribution is 2.17. The van der Waals surface area contributed by atoms with Crippen LogP contribution in [0, 0.1) is 0 Å². The summed E-state index contributed by atoms with van der Waals surface area (Å²) in [6, 6.07) is 0. The number of halogens is 2. The summed E-state index contributed by atoms with van der Waals surface area (Å²) in [7, 11) is 0. The lowest BCUT2D eigenvalue weighted by Gasteiger charge is -2.24. The Kier molecular flexibility index (Phi) is 8.47. The van der Waals surface area contributed by atoms with Crippen LogP contribution in [-0.4, -0.2) is 27.0 Å². The maximum absolute atomic E-state index is 11.7. The van der Waals surface area contributed by atoms with Gasteiger partial charge in [0.05, 0.1) is 16.1 Å². The maximum Gasteiger partial charge on any atom is 0.420 e. The lowest BCUT2D eigenvalue weighted by Crippen LogP contribution is -2.33. The van der Waals surface area contributed by atoms with Crippen LogP contribution in [0.2, 0.25) is 0 Å². The highest BCUT2D eigenvalue weighted by Gasteiger charge is 2.22. The molecule has 0 aliphatic heterocycles. The van der Waals surface area contributed by atoms with Crippen molar-refractivity contribution in [1.29, 1.82) is 0 Å². The van der Waals surface area contributed by atoms with Crippen molar-refractivity contribution in [3.63, 3.8) is 0 Å². The Balaban J connectivity index is 3.90. The van der Waals surface area contributed by atoms with E-state index in [2.05, 4.69) is 39.0 Å². The third-order valence-electron chi connectivity index (χ3n) is 2.07. The Labute approximate surface area is 122 Å². The molecule has 0 N–H and O–H groups in total. The summed E-state index contributed by atoms with van der Waals surface area (Å²) < 4.78 is 6.69. The van der Waals surface area contributed by atoms with E-state index in [0.29, 0.717) is 11.4 Å². The van der Waals surface area contributed by atoms with Crippen molar-refractivity contribution in [1.82, 2.24) is 3.93 Å². The molecule has 0 aliphatic carbocycles. The predicted molar refractivity (Wildman–Crippen MR) is 78.7 cm³/mol. The molecular weight excluding hydrogens is 350 g/mol. The van der Waals surface area contributed by atoms with Gasteiger partial charge >= 0.3 is 6.09 Å². The van der Waals surface area contributed by atoms with Crippen molar-refractivity contribution >= 4 is 38.2 Å². The molecule has 0 saturated carbocycles. The summed E-state index contributed by atoms with van der Waals surface area (Å²) >= 11 is 6.81. The van der Waals surface area contributed by atoms with E-state index in [1.807, 2.05) is 20.8 Å². The second-order valence-electron chi connectivity index (χ2n) is 5.12. The Bertz CT molecular complexity index is 229. The van der Waals surface area contributed by atoms with Crippen LogP contribution in [0.4, 0.5) is 4.79 Å². The summed E-state index contributed by atoms with van der Waals surface area (Å²) in [5.41, 5.74) is -0.451. The van der Waals surface area contributed by atoms with E-state index in [4.69, 9.17) is 4.74 Å². The quantitative estimate of drug-likeness (QED) is 0.378. The number of nitrogens with zero attached hydrogens (tertiary/aromatic N) is 1. The van der Waals surface area contributed by atoms with E-state index in [1.165, 1.54) is 23.2 Å². The summed E-state index contributed by atoms with van der Waals surface area (Å²) in [4.78, 5) is 12.0. The fourth-order valence-electron chi connectivity index (χ4n) is 1.27. The normalized spacial score (nSPS) is 13.3. The minimum atomic E-state index is -0.451. The van der Waals surface area contributed by atoms with Gasteiger partial charge in [0.2, 0.25) is 0 Å². The van der Waals surface area contributed by atoms with E-state index >= 15 is 0 Å². The van der Waals surface area contributed by atoms with Crippen LogP contribution in [0.3, 0.4) is 0 Å². The maximum atomic E-state index is 11.7. The summed E-state index contributed by atoms with van der Waals surface area (Å²) in [5.74, 6) is 0. The Hall–Kier alpha value is 0.230. The Morgan fingerprint density at radius 2 is 1.94 bits per heavy atom. The lowest BCUT2D eigenvalue weighted by molar-refractivity contribution is 0.0415. The molecule has 0 aromatic carbocycles. The van der Waals surface area contributed by atoms with Crippen LogP contribution in [0.25, 0.3) is 0 Å². The molecule has 5 heteroatoms. The largest absolute Gasteiger partial charge is 0.443 e. The van der Waals surface area contributed by atoms with Gasteiger partial charge in [0.1, 0.15) is 5.60 Å². The van der Waals surface area contributed by atoms with E-state index in [0.717, 1.165) is 6.42 Å². The average molecular weight is 373 g/mol. The number of amides is 1. The summed E-state index contributed by atoms with van der Waals surface area (Å²) in [6.07, 6.45) is 4.36. The predicted octanol–water partition coefficient (Wildman–Crippen LogP) is 4.88. The Morgan fingerprint density at radius 1 is 1.35 bits per heavy atom. The SMILES string of the molecule is CCCCCC(Br)CN(Br)C(=O)OC(C)(C)C. The van der Waals surface area contributed by atoms with Crippen LogP contribution in [0.5, 0.6) is 0 Å². The van der Waals surface area contributed by atoms with E-state index in [-0.39, 0.29) is 6.09 Å². The van der Waals surface area contributed by atoms with Crippen molar-refractivity contribution in [2.75, 3.05) is 6.54 Å². The zero-order valence-electron chi connectivity index (χ0n) is 11.1. The molecule has 0 rings (SSSR count). The van der Waals surface area contributed by atoms with E-state index in [9.17, 15) is 4.79 Å². The smallest absolute Gasteiger partial charge is 0.420 e. The molecule has 0 saturated heterocycles. The minimum Gasteiger partial charge on any atom is -0.443 e. The summed E-state index contributed by atoms with van der Waals surface area (Å²) in [5, 5.41) is 0. The third kappa shape index (κ3) is 9.89. The summed E-state index contributed by atoms with van der Waals surface area (Å²) in [6.45, 7) is 8.37. The monoisotopic (exact) mass is 371 g/mol. The molecule has 0 bridgehead atoms. The number of carbonyl (C=O) groups is 1. The Morgan fingerprint density at radius 3 is 2.41 bits per heavy atom. The second-order valence-corrected chi connectivity index (χ2v) is 7.27. The van der Waals surface area contributed by atoms with Gasteiger partial charge in [-0.1, -0.05) is 42.1 Å². The fourth-order valence-corrected chi connectivity index (χ4v) is 2.69. The number of rotatable bonds is 6. The van der Waals surface area contributed by atoms with E-state index in [1.54, 1.807) is 0 Å². The molecule has 0 radical (unpaired) electrons. The molecule has 1 unspecified atom stereocenters.